The Morgan fingerprint density at radius 3 is 2.95 bits per heavy atom. The van der Waals surface area contributed by atoms with E-state index in [1.54, 1.807) is 7.11 Å². The molecule has 0 bridgehead atoms. The second-order valence-corrected chi connectivity index (χ2v) is 5.93. The minimum atomic E-state index is 0.00276. The van der Waals surface area contributed by atoms with E-state index >= 15 is 0 Å². The number of piperidine rings is 1. The molecule has 1 heterocycles. The van der Waals surface area contributed by atoms with Crippen molar-refractivity contribution in [2.24, 2.45) is 5.41 Å². The normalized spacial score (nSPS) is 23.3. The summed E-state index contributed by atoms with van der Waals surface area (Å²) >= 11 is 0. The maximum absolute atomic E-state index is 9.50. The second kappa shape index (κ2) is 6.25. The van der Waals surface area contributed by atoms with Crippen molar-refractivity contribution >= 4 is 0 Å². The van der Waals surface area contributed by atoms with Gasteiger partial charge in [-0.1, -0.05) is 13.0 Å². The fraction of sp³-hybridized carbons (Fsp3) is 0.562. The molecular weight excluding hydrogens is 252 g/mol. The molecule has 108 valence electrons. The molecule has 0 radical (unpaired) electrons. The summed E-state index contributed by atoms with van der Waals surface area (Å²) < 4.78 is 5.16. The highest BCUT2D eigenvalue weighted by Crippen LogP contribution is 2.30. The molecule has 1 aliphatic rings. The Hall–Kier alpha value is -1.57. The van der Waals surface area contributed by atoms with Crippen molar-refractivity contribution in [1.29, 1.82) is 5.26 Å². The molecule has 1 fully saturated rings. The predicted octanol–water partition coefficient (Wildman–Crippen LogP) is 2.16. The van der Waals surface area contributed by atoms with Crippen LogP contribution in [0.15, 0.2) is 18.2 Å². The average molecular weight is 274 g/mol. The number of aliphatic hydroxyl groups is 1. The molecule has 1 N–H and O–H groups in total. The number of hydrogen-bond donors (Lipinski definition) is 1. The standard InChI is InChI=1S/C16H22N2O2/c1-16(12-19)6-3-7-18(11-16)10-13-4-5-15(20-2)14(8-13)9-17/h4-5,8,19H,3,6-7,10-12H2,1-2H3. The van der Waals surface area contributed by atoms with E-state index in [2.05, 4.69) is 17.9 Å². The Labute approximate surface area is 120 Å². The van der Waals surface area contributed by atoms with Crippen LogP contribution in [-0.2, 0) is 6.54 Å². The second-order valence-electron chi connectivity index (χ2n) is 5.93. The summed E-state index contributed by atoms with van der Waals surface area (Å²) in [6.45, 7) is 5.12. The van der Waals surface area contributed by atoms with Gasteiger partial charge >= 0.3 is 0 Å². The van der Waals surface area contributed by atoms with Crippen molar-refractivity contribution in [2.75, 3.05) is 26.8 Å². The fourth-order valence-corrected chi connectivity index (χ4v) is 2.89. The third-order valence-corrected chi connectivity index (χ3v) is 4.03. The number of rotatable bonds is 4. The van der Waals surface area contributed by atoms with Crippen LogP contribution in [0.2, 0.25) is 0 Å². The summed E-state index contributed by atoms with van der Waals surface area (Å²) in [7, 11) is 1.58. The number of nitrogens with zero attached hydrogens (tertiary/aromatic N) is 2. The van der Waals surface area contributed by atoms with Crippen molar-refractivity contribution in [2.45, 2.75) is 26.3 Å². The maximum Gasteiger partial charge on any atom is 0.136 e. The highest BCUT2D eigenvalue weighted by Gasteiger charge is 2.30. The number of methoxy groups -OCH3 is 1. The molecule has 1 atom stereocenters. The van der Waals surface area contributed by atoms with Crippen LogP contribution in [0.25, 0.3) is 0 Å². The molecule has 20 heavy (non-hydrogen) atoms. The topological polar surface area (TPSA) is 56.5 Å². The lowest BCUT2D eigenvalue weighted by molar-refractivity contribution is 0.0429. The molecule has 4 heteroatoms. The van der Waals surface area contributed by atoms with Gasteiger partial charge in [-0.25, -0.2) is 0 Å². The number of aliphatic hydroxyl groups excluding tert-OH is 1. The van der Waals surface area contributed by atoms with Crippen molar-refractivity contribution in [3.63, 3.8) is 0 Å². The van der Waals surface area contributed by atoms with Gasteiger partial charge < -0.3 is 9.84 Å². The zero-order valence-corrected chi connectivity index (χ0v) is 12.2. The van der Waals surface area contributed by atoms with Gasteiger partial charge in [0.15, 0.2) is 0 Å². The lowest BCUT2D eigenvalue weighted by Gasteiger charge is -2.39. The quantitative estimate of drug-likeness (QED) is 0.914. The average Bonchev–Trinajstić information content (AvgIpc) is 2.47. The monoisotopic (exact) mass is 274 g/mol. The highest BCUT2D eigenvalue weighted by molar-refractivity contribution is 5.45. The van der Waals surface area contributed by atoms with Crippen molar-refractivity contribution in [1.82, 2.24) is 4.90 Å². The molecule has 1 aliphatic heterocycles. The van der Waals surface area contributed by atoms with Crippen molar-refractivity contribution in [3.8, 4) is 11.8 Å². The van der Waals surface area contributed by atoms with E-state index in [0.717, 1.165) is 38.0 Å². The van der Waals surface area contributed by atoms with Crippen LogP contribution in [0.1, 0.15) is 30.9 Å². The Morgan fingerprint density at radius 1 is 1.50 bits per heavy atom. The predicted molar refractivity (Wildman–Crippen MR) is 77.4 cm³/mol. The number of ether oxygens (including phenoxy) is 1. The molecule has 0 saturated carbocycles. The molecule has 0 amide bonds. The summed E-state index contributed by atoms with van der Waals surface area (Å²) in [4.78, 5) is 2.35. The first-order chi connectivity index (χ1) is 9.60. The summed E-state index contributed by atoms with van der Waals surface area (Å²) in [5.74, 6) is 0.620. The van der Waals surface area contributed by atoms with E-state index in [-0.39, 0.29) is 12.0 Å². The minimum Gasteiger partial charge on any atom is -0.495 e. The summed E-state index contributed by atoms with van der Waals surface area (Å²) in [5.41, 5.74) is 1.69. The first kappa shape index (κ1) is 14.8. The van der Waals surface area contributed by atoms with E-state index < -0.39 is 0 Å². The van der Waals surface area contributed by atoms with Crippen LogP contribution >= 0.6 is 0 Å². The zero-order valence-electron chi connectivity index (χ0n) is 12.2. The van der Waals surface area contributed by atoms with Gasteiger partial charge in [0.25, 0.3) is 0 Å². The van der Waals surface area contributed by atoms with Gasteiger partial charge in [0.05, 0.1) is 12.7 Å². The van der Waals surface area contributed by atoms with Gasteiger partial charge in [-0.15, -0.1) is 0 Å². The SMILES string of the molecule is COc1ccc(CN2CCCC(C)(CO)C2)cc1C#N. The molecule has 1 aromatic carbocycles. The Bertz CT molecular complexity index is 510. The van der Waals surface area contributed by atoms with Crippen LogP contribution < -0.4 is 4.74 Å². The maximum atomic E-state index is 9.50. The van der Waals surface area contributed by atoms with Gasteiger partial charge in [0.1, 0.15) is 11.8 Å². The van der Waals surface area contributed by atoms with Crippen molar-refractivity contribution < 1.29 is 9.84 Å². The smallest absolute Gasteiger partial charge is 0.136 e. The highest BCUT2D eigenvalue weighted by atomic mass is 16.5. The van der Waals surface area contributed by atoms with E-state index in [9.17, 15) is 5.11 Å². The van der Waals surface area contributed by atoms with Crippen molar-refractivity contribution in [3.05, 3.63) is 29.3 Å². The molecule has 1 saturated heterocycles. The van der Waals surface area contributed by atoms with Crippen LogP contribution in [0.4, 0.5) is 0 Å². The van der Waals surface area contributed by atoms with E-state index in [4.69, 9.17) is 10.00 Å². The first-order valence-corrected chi connectivity index (χ1v) is 7.00. The molecule has 0 spiro atoms. The van der Waals surface area contributed by atoms with E-state index in [1.807, 2.05) is 18.2 Å². The van der Waals surface area contributed by atoms with Gasteiger partial charge in [0.2, 0.25) is 0 Å². The summed E-state index contributed by atoms with van der Waals surface area (Å²) in [6, 6.07) is 7.92. The van der Waals surface area contributed by atoms with Crippen LogP contribution in [0, 0.1) is 16.7 Å². The molecule has 1 unspecified atom stereocenters. The third-order valence-electron chi connectivity index (χ3n) is 4.03. The number of hydrogen-bond acceptors (Lipinski definition) is 4. The largest absolute Gasteiger partial charge is 0.495 e. The lowest BCUT2D eigenvalue weighted by atomic mass is 9.82. The van der Waals surface area contributed by atoms with E-state index in [0.29, 0.717) is 11.3 Å². The number of benzene rings is 1. The Balaban J connectivity index is 2.08. The molecular formula is C16H22N2O2. The molecule has 0 aliphatic carbocycles. The minimum absolute atomic E-state index is 0.00276. The molecule has 4 nitrogen and oxygen atoms in total. The van der Waals surface area contributed by atoms with Gasteiger partial charge in [0, 0.05) is 25.1 Å². The Morgan fingerprint density at radius 2 is 2.30 bits per heavy atom. The number of nitriles is 1. The summed E-state index contributed by atoms with van der Waals surface area (Å²) in [6.07, 6.45) is 2.18. The fourth-order valence-electron chi connectivity index (χ4n) is 2.89. The van der Waals surface area contributed by atoms with E-state index in [1.165, 1.54) is 0 Å². The van der Waals surface area contributed by atoms with Crippen LogP contribution in [-0.4, -0.2) is 36.8 Å². The summed E-state index contributed by atoms with van der Waals surface area (Å²) in [5, 5.41) is 18.6. The Kier molecular flexibility index (Phi) is 4.64. The van der Waals surface area contributed by atoms with Gasteiger partial charge in [-0.2, -0.15) is 5.26 Å². The number of likely N-dealkylation sites (tertiary alicyclic amines) is 1. The van der Waals surface area contributed by atoms with Crippen LogP contribution in [0.5, 0.6) is 5.75 Å². The molecule has 2 rings (SSSR count). The van der Waals surface area contributed by atoms with Gasteiger partial charge in [-0.05, 0) is 37.1 Å². The van der Waals surface area contributed by atoms with Gasteiger partial charge in [-0.3, -0.25) is 4.90 Å². The third kappa shape index (κ3) is 3.30. The zero-order chi connectivity index (χ0) is 14.6. The molecule has 1 aromatic rings. The lowest BCUT2D eigenvalue weighted by Crippen LogP contribution is -2.43. The molecule has 0 aromatic heterocycles. The van der Waals surface area contributed by atoms with Crippen LogP contribution in [0.3, 0.4) is 0 Å². The first-order valence-electron chi connectivity index (χ1n) is 7.00.